The Morgan fingerprint density at radius 3 is 0.943 bits per heavy atom. The molecule has 320 valence electrons. The second-order valence-electron chi connectivity index (χ2n) is 16.0. The number of nitrogens with two attached hydrogens (primary N) is 1. The number of rotatable bonds is 48. The molecule has 5 N–H and O–H groups in total. The zero-order chi connectivity index (χ0) is 38.4. The molecule has 0 saturated carbocycles. The summed E-state index contributed by atoms with van der Waals surface area (Å²) in [5.74, 6) is 0. The SMILES string of the molecule is CCCCCCCCCCCCCCCCCCCOP(=O)(NCCNCCCNCCN)OCCCCCCCCCCCCCCCCCCC. The third-order valence-corrected chi connectivity index (χ3v) is 12.3. The molecule has 0 aliphatic heterocycles. The van der Waals surface area contributed by atoms with E-state index in [1.165, 1.54) is 193 Å². The van der Waals surface area contributed by atoms with E-state index in [4.69, 9.17) is 14.8 Å². The van der Waals surface area contributed by atoms with Crippen molar-refractivity contribution in [1.29, 1.82) is 0 Å². The molecule has 0 aromatic carbocycles. The van der Waals surface area contributed by atoms with Gasteiger partial charge in [-0.2, -0.15) is 0 Å². The van der Waals surface area contributed by atoms with Crippen molar-refractivity contribution in [1.82, 2.24) is 15.7 Å². The lowest BCUT2D eigenvalue weighted by Gasteiger charge is -2.20. The smallest absolute Gasteiger partial charge is 0.329 e. The van der Waals surface area contributed by atoms with Gasteiger partial charge in [0.05, 0.1) is 13.2 Å². The molecular weight excluding hydrogens is 675 g/mol. The molecule has 0 unspecified atom stereocenters. The first-order chi connectivity index (χ1) is 26.2. The largest absolute Gasteiger partial charge is 0.405 e. The molecule has 0 heterocycles. The molecule has 53 heavy (non-hydrogen) atoms. The lowest BCUT2D eigenvalue weighted by atomic mass is 10.0. The average Bonchev–Trinajstić information content (AvgIpc) is 3.16. The van der Waals surface area contributed by atoms with Gasteiger partial charge in [0.15, 0.2) is 0 Å². The van der Waals surface area contributed by atoms with Crippen molar-refractivity contribution in [3.8, 4) is 0 Å². The van der Waals surface area contributed by atoms with Gasteiger partial charge in [0.25, 0.3) is 0 Å². The summed E-state index contributed by atoms with van der Waals surface area (Å²) in [4.78, 5) is 0. The number of hydrogen-bond acceptors (Lipinski definition) is 6. The van der Waals surface area contributed by atoms with E-state index >= 15 is 0 Å². The minimum absolute atomic E-state index is 0.502. The van der Waals surface area contributed by atoms with Crippen molar-refractivity contribution < 1.29 is 13.6 Å². The van der Waals surface area contributed by atoms with E-state index < -0.39 is 7.75 Å². The van der Waals surface area contributed by atoms with Crippen LogP contribution in [-0.2, 0) is 13.6 Å². The molecule has 0 saturated heterocycles. The van der Waals surface area contributed by atoms with Crippen LogP contribution in [0, 0.1) is 0 Å². The van der Waals surface area contributed by atoms with Crippen molar-refractivity contribution in [3.63, 3.8) is 0 Å². The second kappa shape index (κ2) is 46.4. The second-order valence-corrected chi connectivity index (χ2v) is 17.9. The molecule has 8 heteroatoms. The van der Waals surface area contributed by atoms with E-state index in [2.05, 4.69) is 29.6 Å². The third-order valence-electron chi connectivity index (χ3n) is 10.7. The number of nitrogens with one attached hydrogen (secondary N) is 3. The van der Waals surface area contributed by atoms with E-state index in [9.17, 15) is 4.57 Å². The molecule has 0 aromatic rings. The van der Waals surface area contributed by atoms with Crippen LogP contribution < -0.4 is 21.5 Å². The Kier molecular flexibility index (Phi) is 46.4. The number of hydrogen-bond donors (Lipinski definition) is 4. The van der Waals surface area contributed by atoms with Gasteiger partial charge in [0.2, 0.25) is 0 Å². The van der Waals surface area contributed by atoms with E-state index in [1.807, 2.05) is 0 Å². The summed E-state index contributed by atoms with van der Waals surface area (Å²) < 4.78 is 25.4. The first-order valence-electron chi connectivity index (χ1n) is 23.9. The molecule has 0 aromatic heterocycles. The Labute approximate surface area is 333 Å². The molecule has 0 spiro atoms. The van der Waals surface area contributed by atoms with Crippen LogP contribution in [0.4, 0.5) is 0 Å². The molecule has 0 fully saturated rings. The highest BCUT2D eigenvalue weighted by Gasteiger charge is 2.23. The summed E-state index contributed by atoms with van der Waals surface area (Å²) in [6, 6.07) is 0. The summed E-state index contributed by atoms with van der Waals surface area (Å²) in [5.41, 5.74) is 5.53. The predicted molar refractivity (Wildman–Crippen MR) is 235 cm³/mol. The van der Waals surface area contributed by atoms with Crippen molar-refractivity contribution in [2.75, 3.05) is 52.5 Å². The quantitative estimate of drug-likeness (QED) is 0.0361. The molecule has 0 radical (unpaired) electrons. The molecular formula is C45H97N4O3P. The Balaban J connectivity index is 3.95. The third kappa shape index (κ3) is 44.6. The van der Waals surface area contributed by atoms with E-state index in [1.54, 1.807) is 0 Å². The van der Waals surface area contributed by atoms with Crippen molar-refractivity contribution >= 4 is 7.75 Å². The lowest BCUT2D eigenvalue weighted by molar-refractivity contribution is 0.189. The maximum Gasteiger partial charge on any atom is 0.405 e. The Morgan fingerprint density at radius 1 is 0.358 bits per heavy atom. The molecule has 0 aliphatic rings. The monoisotopic (exact) mass is 773 g/mol. The Morgan fingerprint density at radius 2 is 0.642 bits per heavy atom. The lowest BCUT2D eigenvalue weighted by Crippen LogP contribution is -2.30. The Hall–Kier alpha value is -0.0100. The van der Waals surface area contributed by atoms with Crippen LogP contribution in [0.15, 0.2) is 0 Å². The van der Waals surface area contributed by atoms with Crippen LogP contribution in [0.2, 0.25) is 0 Å². The average molecular weight is 773 g/mol. The van der Waals surface area contributed by atoms with Crippen LogP contribution in [0.1, 0.15) is 239 Å². The summed E-state index contributed by atoms with van der Waals surface area (Å²) in [7, 11) is -3.29. The van der Waals surface area contributed by atoms with Gasteiger partial charge in [-0.3, -0.25) is 9.05 Å². The first-order valence-corrected chi connectivity index (χ1v) is 25.5. The highest BCUT2D eigenvalue weighted by Crippen LogP contribution is 2.43. The zero-order valence-corrected chi connectivity index (χ0v) is 37.0. The van der Waals surface area contributed by atoms with Gasteiger partial charge in [-0.25, -0.2) is 9.65 Å². The highest BCUT2D eigenvalue weighted by molar-refractivity contribution is 7.51. The van der Waals surface area contributed by atoms with Crippen LogP contribution in [-0.4, -0.2) is 52.5 Å². The van der Waals surface area contributed by atoms with Crippen molar-refractivity contribution in [2.45, 2.75) is 239 Å². The van der Waals surface area contributed by atoms with Crippen LogP contribution in [0.5, 0.6) is 0 Å². The fourth-order valence-electron chi connectivity index (χ4n) is 7.12. The zero-order valence-electron chi connectivity index (χ0n) is 36.2. The van der Waals surface area contributed by atoms with E-state index in [0.717, 1.165) is 58.3 Å². The minimum Gasteiger partial charge on any atom is -0.329 e. The van der Waals surface area contributed by atoms with Crippen molar-refractivity contribution in [2.24, 2.45) is 5.73 Å². The van der Waals surface area contributed by atoms with Gasteiger partial charge in [0.1, 0.15) is 0 Å². The van der Waals surface area contributed by atoms with Crippen LogP contribution in [0.3, 0.4) is 0 Å². The fourth-order valence-corrected chi connectivity index (χ4v) is 8.51. The highest BCUT2D eigenvalue weighted by atomic mass is 31.2. The van der Waals surface area contributed by atoms with Gasteiger partial charge >= 0.3 is 7.75 Å². The summed E-state index contributed by atoms with van der Waals surface area (Å²) in [6.07, 6.45) is 46.9. The maximum absolute atomic E-state index is 13.6. The van der Waals surface area contributed by atoms with E-state index in [0.29, 0.717) is 26.3 Å². The van der Waals surface area contributed by atoms with Gasteiger partial charge in [-0.15, -0.1) is 0 Å². The Bertz CT molecular complexity index is 673. The number of unbranched alkanes of at least 4 members (excludes halogenated alkanes) is 32. The van der Waals surface area contributed by atoms with Crippen LogP contribution in [0.25, 0.3) is 0 Å². The maximum atomic E-state index is 13.6. The van der Waals surface area contributed by atoms with Crippen LogP contribution >= 0.6 is 7.75 Å². The molecule has 7 nitrogen and oxygen atoms in total. The molecule has 0 aliphatic carbocycles. The van der Waals surface area contributed by atoms with Gasteiger partial charge < -0.3 is 16.4 Å². The topological polar surface area (TPSA) is 97.6 Å². The summed E-state index contributed by atoms with van der Waals surface area (Å²) in [6.45, 7) is 10.3. The fraction of sp³-hybridized carbons (Fsp3) is 1.00. The van der Waals surface area contributed by atoms with Crippen molar-refractivity contribution in [3.05, 3.63) is 0 Å². The minimum atomic E-state index is -3.29. The molecule has 0 rings (SSSR count). The summed E-state index contributed by atoms with van der Waals surface area (Å²) >= 11 is 0. The normalized spacial score (nSPS) is 12.0. The van der Waals surface area contributed by atoms with Gasteiger partial charge in [-0.1, -0.05) is 219 Å². The molecule has 0 atom stereocenters. The first kappa shape index (κ1) is 53.0. The van der Waals surface area contributed by atoms with E-state index in [-0.39, 0.29) is 0 Å². The predicted octanol–water partition coefficient (Wildman–Crippen LogP) is 13.5. The standard InChI is InChI=1S/C45H97N4O3P/c1-3-5-7-9-11-13-15-17-19-21-23-25-27-29-31-33-35-44-51-53(50,49-43-42-48-40-37-39-47-41-38-46)52-45-36-34-32-30-28-26-24-22-20-18-16-14-12-10-8-6-4-2/h47-48H,3-46H2,1-2H3,(H,49,50). The van der Waals surface area contributed by atoms with Gasteiger partial charge in [-0.05, 0) is 32.4 Å². The van der Waals surface area contributed by atoms with Gasteiger partial charge in [0, 0.05) is 26.2 Å². The summed E-state index contributed by atoms with van der Waals surface area (Å²) in [5, 5.41) is 9.88. The molecule has 0 bridgehead atoms. The molecule has 0 amide bonds.